The maximum absolute atomic E-state index is 14.0. The van der Waals surface area contributed by atoms with E-state index in [0.717, 1.165) is 6.07 Å². The Balaban J connectivity index is 2.60. The molecule has 0 saturated carbocycles. The van der Waals surface area contributed by atoms with Crippen LogP contribution in [0.3, 0.4) is 0 Å². The molecule has 0 aliphatic heterocycles. The van der Waals surface area contributed by atoms with Crippen LogP contribution in [0.1, 0.15) is 17.3 Å². The fourth-order valence-corrected chi connectivity index (χ4v) is 1.89. The van der Waals surface area contributed by atoms with Crippen molar-refractivity contribution < 1.29 is 23.4 Å². The molecule has 5 heteroatoms. The van der Waals surface area contributed by atoms with Crippen LogP contribution in [-0.2, 0) is 0 Å². The maximum Gasteiger partial charge on any atom is 0.338 e. The molecule has 2 aromatic carbocycles. The fraction of sp³-hybridized carbons (Fsp3) is 0.133. The van der Waals surface area contributed by atoms with Gasteiger partial charge in [-0.1, -0.05) is 24.3 Å². The summed E-state index contributed by atoms with van der Waals surface area (Å²) >= 11 is 0. The van der Waals surface area contributed by atoms with E-state index < -0.39 is 23.2 Å². The number of rotatable bonds is 4. The number of carboxylic acids is 1. The molecule has 0 fully saturated rings. The van der Waals surface area contributed by atoms with Crippen LogP contribution >= 0.6 is 0 Å². The SMILES string of the molecule is CCOc1ccccc1-c1ccc(C(=O)O)c(F)c1F. The van der Waals surface area contributed by atoms with Crippen molar-refractivity contribution in [3.8, 4) is 16.9 Å². The number of carboxylic acid groups (broad SMARTS) is 1. The number of hydrogen-bond acceptors (Lipinski definition) is 2. The lowest BCUT2D eigenvalue weighted by molar-refractivity contribution is 0.0690. The summed E-state index contributed by atoms with van der Waals surface area (Å²) in [5.74, 6) is -3.67. The van der Waals surface area contributed by atoms with Gasteiger partial charge in [-0.15, -0.1) is 0 Å². The number of aromatic carboxylic acids is 1. The number of ether oxygens (including phenoxy) is 1. The molecule has 104 valence electrons. The molecule has 0 aliphatic rings. The van der Waals surface area contributed by atoms with Crippen LogP contribution in [0.2, 0.25) is 0 Å². The van der Waals surface area contributed by atoms with E-state index in [2.05, 4.69) is 0 Å². The van der Waals surface area contributed by atoms with E-state index in [0.29, 0.717) is 17.9 Å². The number of para-hydroxylation sites is 1. The van der Waals surface area contributed by atoms with E-state index in [1.54, 1.807) is 31.2 Å². The molecule has 2 aromatic rings. The standard InChI is InChI=1S/C15H12F2O3/c1-2-20-12-6-4-3-5-9(12)10-7-8-11(15(18)19)14(17)13(10)16/h3-8H,2H2,1H3,(H,18,19). The smallest absolute Gasteiger partial charge is 0.338 e. The van der Waals surface area contributed by atoms with E-state index in [4.69, 9.17) is 9.84 Å². The molecule has 0 heterocycles. The lowest BCUT2D eigenvalue weighted by atomic mass is 10.0. The second kappa shape index (κ2) is 5.69. The van der Waals surface area contributed by atoms with Crippen molar-refractivity contribution in [2.24, 2.45) is 0 Å². The number of carbonyl (C=O) groups is 1. The van der Waals surface area contributed by atoms with Gasteiger partial charge in [0.2, 0.25) is 0 Å². The van der Waals surface area contributed by atoms with Gasteiger partial charge in [0.25, 0.3) is 0 Å². The molecule has 0 amide bonds. The van der Waals surface area contributed by atoms with Gasteiger partial charge in [0.15, 0.2) is 11.6 Å². The van der Waals surface area contributed by atoms with Crippen molar-refractivity contribution in [3.05, 3.63) is 53.6 Å². The third-order valence-corrected chi connectivity index (χ3v) is 2.79. The molecule has 0 radical (unpaired) electrons. The first-order valence-corrected chi connectivity index (χ1v) is 5.99. The monoisotopic (exact) mass is 278 g/mol. The Morgan fingerprint density at radius 1 is 1.10 bits per heavy atom. The van der Waals surface area contributed by atoms with Crippen molar-refractivity contribution >= 4 is 5.97 Å². The predicted octanol–water partition coefficient (Wildman–Crippen LogP) is 3.73. The molecule has 0 bridgehead atoms. The summed E-state index contributed by atoms with van der Waals surface area (Å²) in [6.07, 6.45) is 0. The van der Waals surface area contributed by atoms with E-state index in [-0.39, 0.29) is 5.56 Å². The molecular formula is C15H12F2O3. The minimum atomic E-state index is -1.51. The van der Waals surface area contributed by atoms with Gasteiger partial charge in [-0.05, 0) is 19.1 Å². The molecule has 20 heavy (non-hydrogen) atoms. The van der Waals surface area contributed by atoms with E-state index in [9.17, 15) is 13.6 Å². The van der Waals surface area contributed by atoms with Crippen LogP contribution in [0.15, 0.2) is 36.4 Å². The lowest BCUT2D eigenvalue weighted by Gasteiger charge is -2.11. The summed E-state index contributed by atoms with van der Waals surface area (Å²) in [5, 5.41) is 8.76. The summed E-state index contributed by atoms with van der Waals surface area (Å²) < 4.78 is 33.1. The number of hydrogen-bond donors (Lipinski definition) is 1. The highest BCUT2D eigenvalue weighted by Crippen LogP contribution is 2.33. The van der Waals surface area contributed by atoms with Crippen molar-refractivity contribution in [2.45, 2.75) is 6.92 Å². The molecule has 0 saturated heterocycles. The predicted molar refractivity (Wildman–Crippen MR) is 69.9 cm³/mol. The molecule has 1 N–H and O–H groups in total. The van der Waals surface area contributed by atoms with E-state index in [1.807, 2.05) is 0 Å². The quantitative estimate of drug-likeness (QED) is 0.927. The van der Waals surface area contributed by atoms with Gasteiger partial charge >= 0.3 is 5.97 Å². The zero-order valence-electron chi connectivity index (χ0n) is 10.7. The Hall–Kier alpha value is -2.43. The first kappa shape index (κ1) is 14.0. The Kier molecular flexibility index (Phi) is 3.98. The highest BCUT2D eigenvalue weighted by atomic mass is 19.2. The van der Waals surface area contributed by atoms with Gasteiger partial charge in [0, 0.05) is 11.1 Å². The topological polar surface area (TPSA) is 46.5 Å². The zero-order chi connectivity index (χ0) is 14.7. The van der Waals surface area contributed by atoms with Crippen molar-refractivity contribution in [1.29, 1.82) is 0 Å². The Bertz CT molecular complexity index is 654. The molecule has 0 spiro atoms. The van der Waals surface area contributed by atoms with Crippen LogP contribution in [0.25, 0.3) is 11.1 Å². The van der Waals surface area contributed by atoms with Crippen LogP contribution in [0.4, 0.5) is 8.78 Å². The fourth-order valence-electron chi connectivity index (χ4n) is 1.89. The van der Waals surface area contributed by atoms with E-state index >= 15 is 0 Å². The van der Waals surface area contributed by atoms with Gasteiger partial charge in [-0.3, -0.25) is 0 Å². The average Bonchev–Trinajstić information content (AvgIpc) is 2.43. The largest absolute Gasteiger partial charge is 0.493 e. The molecule has 0 aromatic heterocycles. The van der Waals surface area contributed by atoms with Crippen molar-refractivity contribution in [1.82, 2.24) is 0 Å². The van der Waals surface area contributed by atoms with Gasteiger partial charge in [0.05, 0.1) is 12.2 Å². The third kappa shape index (κ3) is 2.47. The third-order valence-electron chi connectivity index (χ3n) is 2.79. The summed E-state index contributed by atoms with van der Waals surface area (Å²) in [6, 6.07) is 8.89. The Labute approximate surface area is 114 Å². The zero-order valence-corrected chi connectivity index (χ0v) is 10.7. The van der Waals surface area contributed by atoms with Gasteiger partial charge < -0.3 is 9.84 Å². The molecule has 3 nitrogen and oxygen atoms in total. The minimum Gasteiger partial charge on any atom is -0.493 e. The summed E-state index contributed by atoms with van der Waals surface area (Å²) in [5.41, 5.74) is -0.348. The Morgan fingerprint density at radius 3 is 2.45 bits per heavy atom. The molecule has 0 unspecified atom stereocenters. The van der Waals surface area contributed by atoms with Crippen LogP contribution in [-0.4, -0.2) is 17.7 Å². The summed E-state index contributed by atoms with van der Waals surface area (Å²) in [7, 11) is 0. The van der Waals surface area contributed by atoms with Crippen molar-refractivity contribution in [3.63, 3.8) is 0 Å². The maximum atomic E-state index is 14.0. The number of benzene rings is 2. The first-order chi connectivity index (χ1) is 9.56. The normalized spacial score (nSPS) is 10.3. The molecule has 0 atom stereocenters. The van der Waals surface area contributed by atoms with Gasteiger partial charge in [0.1, 0.15) is 5.75 Å². The minimum absolute atomic E-state index is 0.0310. The highest BCUT2D eigenvalue weighted by molar-refractivity contribution is 5.89. The second-order valence-corrected chi connectivity index (χ2v) is 4.02. The Morgan fingerprint density at radius 2 is 1.80 bits per heavy atom. The van der Waals surface area contributed by atoms with E-state index in [1.165, 1.54) is 6.07 Å². The van der Waals surface area contributed by atoms with Crippen LogP contribution in [0.5, 0.6) is 5.75 Å². The van der Waals surface area contributed by atoms with Crippen LogP contribution < -0.4 is 4.74 Å². The molecular weight excluding hydrogens is 266 g/mol. The van der Waals surface area contributed by atoms with Crippen molar-refractivity contribution in [2.75, 3.05) is 6.61 Å². The average molecular weight is 278 g/mol. The molecule has 2 rings (SSSR count). The highest BCUT2D eigenvalue weighted by Gasteiger charge is 2.20. The van der Waals surface area contributed by atoms with Gasteiger partial charge in [-0.25, -0.2) is 13.6 Å². The molecule has 0 aliphatic carbocycles. The second-order valence-electron chi connectivity index (χ2n) is 4.02. The van der Waals surface area contributed by atoms with Crippen LogP contribution in [0, 0.1) is 11.6 Å². The summed E-state index contributed by atoms with van der Waals surface area (Å²) in [4.78, 5) is 10.8. The summed E-state index contributed by atoms with van der Waals surface area (Å²) in [6.45, 7) is 2.16. The number of halogens is 2. The first-order valence-electron chi connectivity index (χ1n) is 5.99. The van der Waals surface area contributed by atoms with Gasteiger partial charge in [-0.2, -0.15) is 0 Å². The lowest BCUT2D eigenvalue weighted by Crippen LogP contribution is -2.04.